The Hall–Kier alpha value is -2.88. The fourth-order valence-electron chi connectivity index (χ4n) is 2.04. The largest absolute Gasteiger partial charge is 0.466 e. The van der Waals surface area contributed by atoms with Crippen molar-refractivity contribution in [2.24, 2.45) is 7.05 Å². The summed E-state index contributed by atoms with van der Waals surface area (Å²) in [5.41, 5.74) is 5.19. The van der Waals surface area contributed by atoms with Crippen LogP contribution in [0.3, 0.4) is 0 Å². The summed E-state index contributed by atoms with van der Waals surface area (Å²) < 4.78 is 6.52. The number of thioether (sulfide) groups is 1. The summed E-state index contributed by atoms with van der Waals surface area (Å²) in [6, 6.07) is 8.55. The van der Waals surface area contributed by atoms with Crippen molar-refractivity contribution in [3.8, 4) is 0 Å². The van der Waals surface area contributed by atoms with Gasteiger partial charge in [-0.25, -0.2) is 0 Å². The maximum Gasteiger partial charge on any atom is 0.313 e. The summed E-state index contributed by atoms with van der Waals surface area (Å²) in [4.78, 5) is 35.7. The molecular weight excluding hydrogens is 370 g/mol. The quantitative estimate of drug-likeness (QED) is 0.409. The minimum absolute atomic E-state index is 0.00557. The Balaban J connectivity index is 1.88. The Labute approximate surface area is 160 Å². The average molecular weight is 391 g/mol. The standard InChI is InChI=1S/C17H21N5O4S/c1-4-26-14(23)10-13-18-21-17(22(13)3)27-11(2)15(24)19-20-16(25)12-8-6-5-7-9-12/h5-9,11H,4,10H2,1-3H3,(H,19,24)(H,20,25)/t11-/m0/s1. The van der Waals surface area contributed by atoms with Gasteiger partial charge in [0.15, 0.2) is 5.16 Å². The number of aromatic nitrogens is 3. The highest BCUT2D eigenvalue weighted by atomic mass is 32.2. The van der Waals surface area contributed by atoms with Gasteiger partial charge < -0.3 is 9.30 Å². The van der Waals surface area contributed by atoms with E-state index < -0.39 is 11.2 Å². The van der Waals surface area contributed by atoms with E-state index >= 15 is 0 Å². The molecule has 9 nitrogen and oxygen atoms in total. The Morgan fingerprint density at radius 2 is 1.89 bits per heavy atom. The number of rotatable bonds is 7. The third-order valence-electron chi connectivity index (χ3n) is 3.52. The van der Waals surface area contributed by atoms with Crippen LogP contribution >= 0.6 is 11.8 Å². The molecule has 0 saturated heterocycles. The van der Waals surface area contributed by atoms with E-state index in [1.165, 1.54) is 0 Å². The number of benzene rings is 1. The Kier molecular flexibility index (Phi) is 7.35. The highest BCUT2D eigenvalue weighted by molar-refractivity contribution is 8.00. The summed E-state index contributed by atoms with van der Waals surface area (Å²) in [6.07, 6.45) is 0.00557. The smallest absolute Gasteiger partial charge is 0.313 e. The molecule has 2 rings (SSSR count). The van der Waals surface area contributed by atoms with Crippen molar-refractivity contribution < 1.29 is 19.1 Å². The molecule has 0 bridgehead atoms. The third-order valence-corrected chi connectivity index (χ3v) is 4.65. The first-order chi connectivity index (χ1) is 12.9. The van der Waals surface area contributed by atoms with Crippen molar-refractivity contribution in [1.29, 1.82) is 0 Å². The van der Waals surface area contributed by atoms with Crippen molar-refractivity contribution in [3.05, 3.63) is 41.7 Å². The highest BCUT2D eigenvalue weighted by Gasteiger charge is 2.20. The van der Waals surface area contributed by atoms with E-state index in [4.69, 9.17) is 4.74 Å². The van der Waals surface area contributed by atoms with Crippen LogP contribution in [-0.2, 0) is 27.8 Å². The van der Waals surface area contributed by atoms with E-state index in [9.17, 15) is 14.4 Å². The van der Waals surface area contributed by atoms with Crippen molar-refractivity contribution in [2.75, 3.05) is 6.61 Å². The minimum Gasteiger partial charge on any atom is -0.466 e. The van der Waals surface area contributed by atoms with Crippen molar-refractivity contribution >= 4 is 29.5 Å². The molecule has 0 aliphatic carbocycles. The van der Waals surface area contributed by atoms with Crippen molar-refractivity contribution in [2.45, 2.75) is 30.7 Å². The molecule has 1 aromatic carbocycles. The molecule has 27 heavy (non-hydrogen) atoms. The van der Waals surface area contributed by atoms with Crippen LogP contribution in [-0.4, -0.2) is 44.4 Å². The molecule has 144 valence electrons. The number of ether oxygens (including phenoxy) is 1. The fourth-order valence-corrected chi connectivity index (χ4v) is 2.87. The zero-order valence-electron chi connectivity index (χ0n) is 15.3. The summed E-state index contributed by atoms with van der Waals surface area (Å²) in [7, 11) is 1.71. The number of esters is 1. The predicted molar refractivity (Wildman–Crippen MR) is 98.7 cm³/mol. The number of nitrogens with one attached hydrogen (secondary N) is 2. The lowest BCUT2D eigenvalue weighted by Gasteiger charge is -2.12. The number of hydrazine groups is 1. The molecule has 0 aliphatic rings. The Morgan fingerprint density at radius 3 is 2.56 bits per heavy atom. The van der Waals surface area contributed by atoms with E-state index in [0.717, 1.165) is 11.8 Å². The van der Waals surface area contributed by atoms with Gasteiger partial charge in [-0.3, -0.25) is 25.2 Å². The topological polar surface area (TPSA) is 115 Å². The van der Waals surface area contributed by atoms with E-state index in [2.05, 4.69) is 21.0 Å². The molecule has 0 spiro atoms. The maximum absolute atomic E-state index is 12.2. The average Bonchev–Trinajstić information content (AvgIpc) is 3.00. The van der Waals surface area contributed by atoms with Crippen LogP contribution in [0.1, 0.15) is 30.0 Å². The molecule has 0 aliphatic heterocycles. The maximum atomic E-state index is 12.2. The van der Waals surface area contributed by atoms with Crippen LogP contribution in [0.4, 0.5) is 0 Å². The van der Waals surface area contributed by atoms with Crippen molar-refractivity contribution in [1.82, 2.24) is 25.6 Å². The van der Waals surface area contributed by atoms with Gasteiger partial charge in [0.25, 0.3) is 11.8 Å². The van der Waals surface area contributed by atoms with Gasteiger partial charge in [-0.2, -0.15) is 0 Å². The van der Waals surface area contributed by atoms with Gasteiger partial charge in [0, 0.05) is 12.6 Å². The number of nitrogens with zero attached hydrogens (tertiary/aromatic N) is 3. The van der Waals surface area contributed by atoms with Gasteiger partial charge >= 0.3 is 5.97 Å². The summed E-state index contributed by atoms with van der Waals surface area (Å²) in [6.45, 7) is 3.70. The van der Waals surface area contributed by atoms with Gasteiger partial charge in [0.2, 0.25) is 0 Å². The highest BCUT2D eigenvalue weighted by Crippen LogP contribution is 2.21. The molecule has 1 heterocycles. The SMILES string of the molecule is CCOC(=O)Cc1nnc(S[C@@H](C)C(=O)NNC(=O)c2ccccc2)n1C. The molecule has 2 amide bonds. The monoisotopic (exact) mass is 391 g/mol. The number of hydrogen-bond donors (Lipinski definition) is 2. The first kappa shape index (κ1) is 20.4. The van der Waals surface area contributed by atoms with Crippen LogP contribution in [0.2, 0.25) is 0 Å². The van der Waals surface area contributed by atoms with Crippen molar-refractivity contribution in [3.63, 3.8) is 0 Å². The lowest BCUT2D eigenvalue weighted by Crippen LogP contribution is -2.44. The second kappa shape index (κ2) is 9.72. The lowest BCUT2D eigenvalue weighted by atomic mass is 10.2. The molecule has 1 atom stereocenters. The molecule has 2 N–H and O–H groups in total. The molecule has 0 radical (unpaired) electrons. The van der Waals surface area contributed by atoms with Crippen LogP contribution in [0.25, 0.3) is 0 Å². The van der Waals surface area contributed by atoms with E-state index in [1.54, 1.807) is 55.8 Å². The molecule has 2 aromatic rings. The number of carbonyl (C=O) groups excluding carboxylic acids is 3. The number of carbonyl (C=O) groups is 3. The Morgan fingerprint density at radius 1 is 1.19 bits per heavy atom. The minimum atomic E-state index is -0.542. The molecule has 0 saturated carbocycles. The van der Waals surface area contributed by atoms with Crippen LogP contribution in [0, 0.1) is 0 Å². The second-order valence-corrected chi connectivity index (χ2v) is 6.82. The van der Waals surface area contributed by atoms with Gasteiger partial charge in [-0.15, -0.1) is 10.2 Å². The van der Waals surface area contributed by atoms with Gasteiger partial charge in [0.05, 0.1) is 11.9 Å². The lowest BCUT2D eigenvalue weighted by molar-refractivity contribution is -0.142. The summed E-state index contributed by atoms with van der Waals surface area (Å²) in [5, 5.41) is 7.88. The van der Waals surface area contributed by atoms with Gasteiger partial charge in [0.1, 0.15) is 12.2 Å². The zero-order chi connectivity index (χ0) is 19.8. The van der Waals surface area contributed by atoms with E-state index in [1.807, 2.05) is 0 Å². The first-order valence-corrected chi connectivity index (χ1v) is 9.16. The molecular formula is C17H21N5O4S. The number of hydrogen-bond acceptors (Lipinski definition) is 7. The van der Waals surface area contributed by atoms with E-state index in [-0.39, 0.29) is 18.3 Å². The molecule has 0 fully saturated rings. The van der Waals surface area contributed by atoms with Crippen LogP contribution in [0.5, 0.6) is 0 Å². The molecule has 0 unspecified atom stereocenters. The van der Waals surface area contributed by atoms with Crippen LogP contribution < -0.4 is 10.9 Å². The number of amides is 2. The second-order valence-electron chi connectivity index (χ2n) is 5.51. The van der Waals surface area contributed by atoms with Gasteiger partial charge in [-0.1, -0.05) is 30.0 Å². The van der Waals surface area contributed by atoms with E-state index in [0.29, 0.717) is 23.2 Å². The Bertz CT molecular complexity index is 809. The zero-order valence-corrected chi connectivity index (χ0v) is 16.1. The normalized spacial score (nSPS) is 11.5. The molecule has 10 heteroatoms. The summed E-state index contributed by atoms with van der Waals surface area (Å²) >= 11 is 1.16. The third kappa shape index (κ3) is 5.81. The van der Waals surface area contributed by atoms with Crippen LogP contribution in [0.15, 0.2) is 35.5 Å². The van der Waals surface area contributed by atoms with Gasteiger partial charge in [-0.05, 0) is 26.0 Å². The summed E-state index contributed by atoms with van der Waals surface area (Å²) in [5.74, 6) is -0.740. The first-order valence-electron chi connectivity index (χ1n) is 8.28. The molecule has 1 aromatic heterocycles. The fraction of sp³-hybridized carbons (Fsp3) is 0.353. The predicted octanol–water partition coefficient (Wildman–Crippen LogP) is 0.862.